The topological polar surface area (TPSA) is 52.6 Å². The lowest BCUT2D eigenvalue weighted by molar-refractivity contribution is -0.177. The van der Waals surface area contributed by atoms with Gasteiger partial charge in [-0.25, -0.2) is 0 Å². The molecule has 2 bridgehead atoms. The van der Waals surface area contributed by atoms with E-state index in [-0.39, 0.29) is 17.9 Å². The fraction of sp³-hybridized carbons (Fsp3) is 0.882. The smallest absolute Gasteiger partial charge is 0.323 e. The fourth-order valence-corrected chi connectivity index (χ4v) is 3.79. The van der Waals surface area contributed by atoms with Gasteiger partial charge in [-0.2, -0.15) is 0 Å². The van der Waals surface area contributed by atoms with Crippen LogP contribution in [-0.4, -0.2) is 25.2 Å². The summed E-state index contributed by atoms with van der Waals surface area (Å²) in [4.78, 5) is 25.2. The van der Waals surface area contributed by atoms with Crippen LogP contribution in [0.3, 0.4) is 0 Å². The summed E-state index contributed by atoms with van der Waals surface area (Å²) in [6.45, 7) is 4.94. The summed E-state index contributed by atoms with van der Waals surface area (Å²) >= 11 is 0. The van der Waals surface area contributed by atoms with Gasteiger partial charge in [0.05, 0.1) is 13.2 Å². The van der Waals surface area contributed by atoms with Gasteiger partial charge in [-0.1, -0.05) is 33.1 Å². The second-order valence-corrected chi connectivity index (χ2v) is 6.53. The van der Waals surface area contributed by atoms with E-state index in [9.17, 15) is 9.59 Å². The summed E-state index contributed by atoms with van der Waals surface area (Å²) < 4.78 is 10.8. The van der Waals surface area contributed by atoms with Crippen molar-refractivity contribution < 1.29 is 19.1 Å². The Bertz CT molecular complexity index is 355. The molecule has 120 valence electrons. The van der Waals surface area contributed by atoms with Crippen molar-refractivity contribution >= 4 is 11.9 Å². The molecule has 0 amide bonds. The second kappa shape index (κ2) is 7.28. The Morgan fingerprint density at radius 1 is 1.00 bits per heavy atom. The number of esters is 2. The molecule has 2 aliphatic rings. The first-order valence-corrected chi connectivity index (χ1v) is 8.49. The Morgan fingerprint density at radius 3 is 1.95 bits per heavy atom. The van der Waals surface area contributed by atoms with E-state index in [4.69, 9.17) is 9.47 Å². The molecule has 0 heterocycles. The van der Waals surface area contributed by atoms with Gasteiger partial charge in [0, 0.05) is 0 Å². The van der Waals surface area contributed by atoms with E-state index in [0.29, 0.717) is 25.6 Å². The predicted molar refractivity (Wildman–Crippen MR) is 79.6 cm³/mol. The standard InChI is InChI=1S/C17H28O4/c1-3-5-9-20-15(18)17(16(19)21-10-6-4-2)12-13-7-8-14(17)11-13/h13-14H,3-12H2,1-2H3. The Hall–Kier alpha value is -1.06. The molecule has 0 spiro atoms. The van der Waals surface area contributed by atoms with Crippen LogP contribution in [0.25, 0.3) is 0 Å². The SMILES string of the molecule is CCCCOC(=O)C1(C(=O)OCCCC)CC2CCC1C2. The zero-order valence-corrected chi connectivity index (χ0v) is 13.4. The van der Waals surface area contributed by atoms with E-state index in [1.807, 2.05) is 0 Å². The summed E-state index contributed by atoms with van der Waals surface area (Å²) in [7, 11) is 0. The lowest BCUT2D eigenvalue weighted by atomic mass is 9.73. The van der Waals surface area contributed by atoms with Gasteiger partial charge in [0.1, 0.15) is 0 Å². The molecule has 0 aromatic rings. The number of unbranched alkanes of at least 4 members (excludes halogenated alkanes) is 2. The number of hydrogen-bond acceptors (Lipinski definition) is 4. The van der Waals surface area contributed by atoms with E-state index >= 15 is 0 Å². The van der Waals surface area contributed by atoms with Crippen LogP contribution in [0, 0.1) is 17.3 Å². The second-order valence-electron chi connectivity index (χ2n) is 6.53. The third-order valence-corrected chi connectivity index (χ3v) is 5.04. The Labute approximate surface area is 127 Å². The number of carbonyl (C=O) groups excluding carboxylic acids is 2. The van der Waals surface area contributed by atoms with Gasteiger partial charge in [0.2, 0.25) is 0 Å². The van der Waals surface area contributed by atoms with Crippen molar-refractivity contribution in [1.82, 2.24) is 0 Å². The maximum absolute atomic E-state index is 12.6. The van der Waals surface area contributed by atoms with E-state index in [0.717, 1.165) is 44.9 Å². The van der Waals surface area contributed by atoms with Gasteiger partial charge >= 0.3 is 11.9 Å². The highest BCUT2D eigenvalue weighted by atomic mass is 16.6. The van der Waals surface area contributed by atoms with E-state index < -0.39 is 5.41 Å². The highest BCUT2D eigenvalue weighted by Crippen LogP contribution is 2.57. The average molecular weight is 296 g/mol. The van der Waals surface area contributed by atoms with Crippen LogP contribution in [0.4, 0.5) is 0 Å². The van der Waals surface area contributed by atoms with Crippen molar-refractivity contribution in [2.75, 3.05) is 13.2 Å². The van der Waals surface area contributed by atoms with Crippen molar-refractivity contribution in [1.29, 1.82) is 0 Å². The summed E-state index contributed by atoms with van der Waals surface area (Å²) in [5.74, 6) is -0.0347. The van der Waals surface area contributed by atoms with Crippen LogP contribution in [0.2, 0.25) is 0 Å². The molecule has 2 fully saturated rings. The van der Waals surface area contributed by atoms with Crippen molar-refractivity contribution in [3.63, 3.8) is 0 Å². The normalized spacial score (nSPS) is 25.8. The van der Waals surface area contributed by atoms with Crippen molar-refractivity contribution in [2.24, 2.45) is 17.3 Å². The molecule has 0 aliphatic heterocycles. The number of fused-ring (bicyclic) bond motifs is 2. The molecule has 0 aromatic heterocycles. The van der Waals surface area contributed by atoms with Gasteiger partial charge in [0.25, 0.3) is 0 Å². The Balaban J connectivity index is 2.04. The van der Waals surface area contributed by atoms with Crippen LogP contribution in [-0.2, 0) is 19.1 Å². The zero-order valence-electron chi connectivity index (χ0n) is 13.4. The van der Waals surface area contributed by atoms with Gasteiger partial charge in [-0.15, -0.1) is 0 Å². The molecule has 0 saturated heterocycles. The number of hydrogen-bond donors (Lipinski definition) is 0. The highest BCUT2D eigenvalue weighted by molar-refractivity contribution is 6.01. The summed E-state index contributed by atoms with van der Waals surface area (Å²) in [6, 6.07) is 0. The summed E-state index contributed by atoms with van der Waals surface area (Å²) in [6.07, 6.45) is 7.36. The maximum Gasteiger partial charge on any atom is 0.323 e. The predicted octanol–water partition coefficient (Wildman–Crippen LogP) is 3.48. The van der Waals surface area contributed by atoms with Crippen LogP contribution >= 0.6 is 0 Å². The van der Waals surface area contributed by atoms with E-state index in [1.165, 1.54) is 0 Å². The molecule has 4 nitrogen and oxygen atoms in total. The summed E-state index contributed by atoms with van der Waals surface area (Å²) in [5, 5.41) is 0. The van der Waals surface area contributed by atoms with E-state index in [2.05, 4.69) is 13.8 Å². The maximum atomic E-state index is 12.6. The summed E-state index contributed by atoms with van der Waals surface area (Å²) in [5.41, 5.74) is -0.996. The highest BCUT2D eigenvalue weighted by Gasteiger charge is 2.62. The first-order chi connectivity index (χ1) is 10.1. The van der Waals surface area contributed by atoms with Gasteiger partial charge < -0.3 is 9.47 Å². The molecule has 2 saturated carbocycles. The molecule has 0 radical (unpaired) electrons. The van der Waals surface area contributed by atoms with Crippen LogP contribution in [0.1, 0.15) is 65.2 Å². The van der Waals surface area contributed by atoms with Gasteiger partial charge in [0.15, 0.2) is 5.41 Å². The average Bonchev–Trinajstić information content (AvgIpc) is 3.08. The number of rotatable bonds is 8. The molecule has 2 aliphatic carbocycles. The molecule has 2 rings (SSSR count). The van der Waals surface area contributed by atoms with Crippen LogP contribution in [0.5, 0.6) is 0 Å². The monoisotopic (exact) mass is 296 g/mol. The minimum atomic E-state index is -0.996. The lowest BCUT2D eigenvalue weighted by Gasteiger charge is -2.32. The first kappa shape index (κ1) is 16.3. The fourth-order valence-electron chi connectivity index (χ4n) is 3.79. The Kier molecular flexibility index (Phi) is 5.65. The molecule has 2 unspecified atom stereocenters. The molecule has 21 heavy (non-hydrogen) atoms. The van der Waals surface area contributed by atoms with Gasteiger partial charge in [-0.05, 0) is 43.9 Å². The van der Waals surface area contributed by atoms with Crippen molar-refractivity contribution in [2.45, 2.75) is 65.2 Å². The molecule has 0 N–H and O–H groups in total. The molecule has 4 heteroatoms. The third-order valence-electron chi connectivity index (χ3n) is 5.04. The van der Waals surface area contributed by atoms with Crippen molar-refractivity contribution in [3.8, 4) is 0 Å². The molecular formula is C17H28O4. The molecule has 0 aromatic carbocycles. The van der Waals surface area contributed by atoms with E-state index in [1.54, 1.807) is 0 Å². The minimum Gasteiger partial charge on any atom is -0.465 e. The molecule has 2 atom stereocenters. The Morgan fingerprint density at radius 2 is 1.57 bits per heavy atom. The van der Waals surface area contributed by atoms with Gasteiger partial charge in [-0.3, -0.25) is 9.59 Å². The lowest BCUT2D eigenvalue weighted by Crippen LogP contribution is -2.46. The van der Waals surface area contributed by atoms with Crippen LogP contribution in [0.15, 0.2) is 0 Å². The number of ether oxygens (including phenoxy) is 2. The number of carbonyl (C=O) groups is 2. The zero-order chi connectivity index (χ0) is 15.3. The first-order valence-electron chi connectivity index (χ1n) is 8.49. The van der Waals surface area contributed by atoms with Crippen molar-refractivity contribution in [3.05, 3.63) is 0 Å². The third kappa shape index (κ3) is 3.24. The largest absolute Gasteiger partial charge is 0.465 e. The van der Waals surface area contributed by atoms with Crippen LogP contribution < -0.4 is 0 Å². The molecular weight excluding hydrogens is 268 g/mol. The minimum absolute atomic E-state index is 0.130. The quantitative estimate of drug-likeness (QED) is 0.391.